The predicted octanol–water partition coefficient (Wildman–Crippen LogP) is 1.86. The molecule has 1 aromatic carbocycles. The lowest BCUT2D eigenvalue weighted by Gasteiger charge is -2.29. The zero-order valence-electron chi connectivity index (χ0n) is 14.3. The van der Waals surface area contributed by atoms with Crippen molar-refractivity contribution in [1.29, 1.82) is 0 Å². The highest BCUT2D eigenvalue weighted by molar-refractivity contribution is 5.97. The van der Waals surface area contributed by atoms with Crippen LogP contribution in [0.2, 0.25) is 0 Å². The predicted molar refractivity (Wildman–Crippen MR) is 95.7 cm³/mol. The Morgan fingerprint density at radius 2 is 2.08 bits per heavy atom. The fraction of sp³-hybridized carbons (Fsp3) is 0.556. The summed E-state index contributed by atoms with van der Waals surface area (Å²) in [6.07, 6.45) is 3.32. The smallest absolute Gasteiger partial charge is 0.265 e. The number of guanidine groups is 1. The molecule has 0 unspecified atom stereocenters. The van der Waals surface area contributed by atoms with Crippen LogP contribution in [0.3, 0.4) is 0 Å². The van der Waals surface area contributed by atoms with Crippen molar-refractivity contribution >= 4 is 17.6 Å². The maximum absolute atomic E-state index is 12.1. The van der Waals surface area contributed by atoms with Gasteiger partial charge >= 0.3 is 0 Å². The number of rotatable bonds is 5. The minimum absolute atomic E-state index is 0.0177. The molecule has 130 valence electrons. The number of aliphatic imine (C=N–C) groups is 1. The Kier molecular flexibility index (Phi) is 5.56. The van der Waals surface area contributed by atoms with E-state index >= 15 is 0 Å². The maximum Gasteiger partial charge on any atom is 0.265 e. The molecule has 0 spiro atoms. The van der Waals surface area contributed by atoms with Crippen molar-refractivity contribution in [3.63, 3.8) is 0 Å². The number of likely N-dealkylation sites (tertiary alicyclic amines) is 1. The number of benzene rings is 1. The number of hydrogen-bond donors (Lipinski definition) is 1. The van der Waals surface area contributed by atoms with Crippen molar-refractivity contribution in [3.05, 3.63) is 24.3 Å². The molecule has 1 fully saturated rings. The van der Waals surface area contributed by atoms with Gasteiger partial charge in [0.05, 0.1) is 5.69 Å². The molecule has 24 heavy (non-hydrogen) atoms. The number of carbonyl (C=O) groups excluding carboxylic acids is 1. The first kappa shape index (κ1) is 16.6. The van der Waals surface area contributed by atoms with Crippen molar-refractivity contribution in [2.75, 3.05) is 44.2 Å². The summed E-state index contributed by atoms with van der Waals surface area (Å²) >= 11 is 0. The number of carbonyl (C=O) groups is 1. The third-order valence-corrected chi connectivity index (χ3v) is 4.35. The summed E-state index contributed by atoms with van der Waals surface area (Å²) in [5.74, 6) is 1.80. The molecule has 0 atom stereocenters. The Bertz CT molecular complexity index is 596. The molecule has 1 aromatic rings. The number of amides is 1. The summed E-state index contributed by atoms with van der Waals surface area (Å²) in [6, 6.07) is 7.70. The van der Waals surface area contributed by atoms with E-state index in [1.807, 2.05) is 29.2 Å². The normalized spacial score (nSPS) is 17.7. The van der Waals surface area contributed by atoms with Crippen molar-refractivity contribution in [2.24, 2.45) is 4.99 Å². The molecule has 1 amide bonds. The molecule has 2 aliphatic rings. The topological polar surface area (TPSA) is 57.2 Å². The minimum atomic E-state index is 0.0177. The third-order valence-electron chi connectivity index (χ3n) is 4.35. The summed E-state index contributed by atoms with van der Waals surface area (Å²) in [5, 5.41) is 3.36. The number of fused-ring (bicyclic) bond motifs is 1. The van der Waals surface area contributed by atoms with E-state index < -0.39 is 0 Å². The van der Waals surface area contributed by atoms with E-state index in [1.165, 1.54) is 12.8 Å². The molecule has 6 heteroatoms. The summed E-state index contributed by atoms with van der Waals surface area (Å²) in [7, 11) is 0. The fourth-order valence-corrected chi connectivity index (χ4v) is 3.17. The van der Waals surface area contributed by atoms with Crippen LogP contribution in [0.15, 0.2) is 29.3 Å². The molecular weight excluding hydrogens is 304 g/mol. The minimum Gasteiger partial charge on any atom is -0.482 e. The van der Waals surface area contributed by atoms with Gasteiger partial charge in [-0.25, -0.2) is 0 Å². The molecule has 6 nitrogen and oxygen atoms in total. The van der Waals surface area contributed by atoms with Crippen LogP contribution < -0.4 is 15.0 Å². The quantitative estimate of drug-likeness (QED) is 0.509. The van der Waals surface area contributed by atoms with Gasteiger partial charge in [0, 0.05) is 32.7 Å². The number of hydrogen-bond acceptors (Lipinski definition) is 3. The lowest BCUT2D eigenvalue weighted by molar-refractivity contribution is -0.121. The average Bonchev–Trinajstić information content (AvgIpc) is 3.13. The van der Waals surface area contributed by atoms with Gasteiger partial charge in [-0.15, -0.1) is 0 Å². The van der Waals surface area contributed by atoms with Gasteiger partial charge < -0.3 is 19.9 Å². The average molecular weight is 330 g/mol. The van der Waals surface area contributed by atoms with E-state index in [0.717, 1.165) is 43.5 Å². The van der Waals surface area contributed by atoms with Gasteiger partial charge in [0.2, 0.25) is 0 Å². The molecule has 3 rings (SSSR count). The van der Waals surface area contributed by atoms with Gasteiger partial charge in [-0.05, 0) is 38.3 Å². The van der Waals surface area contributed by atoms with Crippen LogP contribution in [0.4, 0.5) is 5.69 Å². The van der Waals surface area contributed by atoms with Crippen LogP contribution in [0.25, 0.3) is 0 Å². The SMILES string of the molecule is CCNC(=NCCCN1C(=O)COc2ccccc21)N1CCCC1. The lowest BCUT2D eigenvalue weighted by atomic mass is 10.2. The molecule has 0 aromatic heterocycles. The van der Waals surface area contributed by atoms with Gasteiger partial charge in [-0.1, -0.05) is 12.1 Å². The van der Waals surface area contributed by atoms with Crippen molar-refractivity contribution in [2.45, 2.75) is 26.2 Å². The van der Waals surface area contributed by atoms with Gasteiger partial charge in [0.15, 0.2) is 12.6 Å². The molecule has 0 bridgehead atoms. The van der Waals surface area contributed by atoms with Crippen LogP contribution in [0.5, 0.6) is 5.75 Å². The van der Waals surface area contributed by atoms with Gasteiger partial charge in [-0.2, -0.15) is 0 Å². The van der Waals surface area contributed by atoms with Crippen molar-refractivity contribution in [3.8, 4) is 5.75 Å². The largest absolute Gasteiger partial charge is 0.482 e. The second-order valence-corrected chi connectivity index (χ2v) is 6.09. The monoisotopic (exact) mass is 330 g/mol. The Labute approximate surface area is 143 Å². The molecule has 0 radical (unpaired) electrons. The third kappa shape index (κ3) is 3.80. The van der Waals surface area contributed by atoms with Gasteiger partial charge in [-0.3, -0.25) is 9.79 Å². The van der Waals surface area contributed by atoms with Crippen molar-refractivity contribution in [1.82, 2.24) is 10.2 Å². The zero-order valence-corrected chi connectivity index (χ0v) is 14.3. The number of nitrogens with one attached hydrogen (secondary N) is 1. The highest BCUT2D eigenvalue weighted by Crippen LogP contribution is 2.31. The molecule has 0 saturated carbocycles. The van der Waals surface area contributed by atoms with E-state index in [9.17, 15) is 4.79 Å². The van der Waals surface area contributed by atoms with Crippen LogP contribution in [-0.2, 0) is 4.79 Å². The van der Waals surface area contributed by atoms with Crippen molar-refractivity contribution < 1.29 is 9.53 Å². The molecule has 1 saturated heterocycles. The molecule has 2 aliphatic heterocycles. The number of para-hydroxylation sites is 2. The Hall–Kier alpha value is -2.24. The highest BCUT2D eigenvalue weighted by atomic mass is 16.5. The van der Waals surface area contributed by atoms with E-state index in [-0.39, 0.29) is 12.5 Å². The summed E-state index contributed by atoms with van der Waals surface area (Å²) in [5.41, 5.74) is 0.865. The Morgan fingerprint density at radius 1 is 1.29 bits per heavy atom. The summed E-state index contributed by atoms with van der Waals surface area (Å²) < 4.78 is 5.47. The van der Waals surface area contributed by atoms with Gasteiger partial charge in [0.1, 0.15) is 5.75 Å². The molecular formula is C18H26N4O2. The summed E-state index contributed by atoms with van der Waals surface area (Å²) in [4.78, 5) is 21.0. The lowest BCUT2D eigenvalue weighted by Crippen LogP contribution is -2.40. The first-order chi connectivity index (χ1) is 11.8. The summed E-state index contributed by atoms with van der Waals surface area (Å²) in [6.45, 7) is 6.65. The van der Waals surface area contributed by atoms with Crippen LogP contribution in [0, 0.1) is 0 Å². The number of nitrogens with zero attached hydrogens (tertiary/aromatic N) is 3. The molecule has 0 aliphatic carbocycles. The van der Waals surface area contributed by atoms with E-state index in [0.29, 0.717) is 13.1 Å². The van der Waals surface area contributed by atoms with E-state index in [4.69, 9.17) is 9.73 Å². The number of anilines is 1. The Balaban J connectivity index is 1.57. The number of ether oxygens (including phenoxy) is 1. The second-order valence-electron chi connectivity index (χ2n) is 6.09. The maximum atomic E-state index is 12.1. The second kappa shape index (κ2) is 8.04. The Morgan fingerprint density at radius 3 is 2.88 bits per heavy atom. The van der Waals surface area contributed by atoms with Crippen LogP contribution in [0.1, 0.15) is 26.2 Å². The van der Waals surface area contributed by atoms with Crippen LogP contribution in [-0.4, -0.2) is 56.1 Å². The zero-order chi connectivity index (χ0) is 16.8. The first-order valence-corrected chi connectivity index (χ1v) is 8.85. The fourth-order valence-electron chi connectivity index (χ4n) is 3.17. The first-order valence-electron chi connectivity index (χ1n) is 8.85. The van der Waals surface area contributed by atoms with Crippen LogP contribution >= 0.6 is 0 Å². The van der Waals surface area contributed by atoms with E-state index in [1.54, 1.807) is 0 Å². The van der Waals surface area contributed by atoms with E-state index in [2.05, 4.69) is 17.1 Å². The molecule has 1 N–H and O–H groups in total. The highest BCUT2D eigenvalue weighted by Gasteiger charge is 2.24. The molecule has 2 heterocycles. The van der Waals surface area contributed by atoms with Gasteiger partial charge in [0.25, 0.3) is 5.91 Å². The standard InChI is InChI=1S/C18H26N4O2/c1-2-19-18(21-11-5-6-12-21)20-10-7-13-22-15-8-3-4-9-16(15)24-14-17(22)23/h3-4,8-9H,2,5-7,10-14H2,1H3,(H,19,20).